The van der Waals surface area contributed by atoms with Crippen LogP contribution in [0.1, 0.15) is 37.0 Å². The molecule has 2 rings (SSSR count). The average Bonchev–Trinajstić information content (AvgIpc) is 3.02. The van der Waals surface area contributed by atoms with Gasteiger partial charge in [0.05, 0.1) is 12.8 Å². The van der Waals surface area contributed by atoms with Gasteiger partial charge in [-0.05, 0) is 24.9 Å². The van der Waals surface area contributed by atoms with Crippen LogP contribution in [0.5, 0.6) is 0 Å². The second-order valence-corrected chi connectivity index (χ2v) is 4.59. The highest BCUT2D eigenvalue weighted by Gasteiger charge is 2.22. The van der Waals surface area contributed by atoms with E-state index in [1.54, 1.807) is 17.7 Å². The molecule has 0 aliphatic rings. The molecule has 0 aromatic carbocycles. The van der Waals surface area contributed by atoms with Crippen LogP contribution in [0.3, 0.4) is 0 Å². The summed E-state index contributed by atoms with van der Waals surface area (Å²) in [5, 5.41) is 8.25. The van der Waals surface area contributed by atoms with E-state index in [1.165, 1.54) is 6.20 Å². The Hall–Kier alpha value is -1.82. The normalized spacial score (nSPS) is 10.8. The largest absolute Gasteiger partial charge is 0.462 e. The second kappa shape index (κ2) is 6.56. The molecule has 0 N–H and O–H groups in total. The lowest BCUT2D eigenvalue weighted by Gasteiger charge is -2.06. The van der Waals surface area contributed by atoms with Crippen molar-refractivity contribution in [1.29, 1.82) is 0 Å². The number of esters is 1. The Bertz CT molecular complexity index is 591. The van der Waals surface area contributed by atoms with E-state index in [2.05, 4.69) is 17.2 Å². The maximum Gasteiger partial charge on any atom is 0.342 e. The van der Waals surface area contributed by atoms with E-state index >= 15 is 0 Å². The minimum atomic E-state index is -0.427. The quantitative estimate of drug-likeness (QED) is 0.766. The Morgan fingerprint density at radius 1 is 1.50 bits per heavy atom. The molecule has 2 aromatic rings. The minimum Gasteiger partial charge on any atom is -0.462 e. The fourth-order valence-electron chi connectivity index (χ4n) is 1.86. The average molecular weight is 298 g/mol. The standard InChI is InChI=1S/C13H16ClN3O3/c1-3-5-6-17-12(10-7-11(14)20-16-10)9(8-15-17)13(18)19-4-2/h7-8H,3-6H2,1-2H3. The van der Waals surface area contributed by atoms with Crippen molar-refractivity contribution in [3.05, 3.63) is 23.0 Å². The van der Waals surface area contributed by atoms with Crippen molar-refractivity contribution in [2.24, 2.45) is 0 Å². The van der Waals surface area contributed by atoms with Crippen molar-refractivity contribution in [2.45, 2.75) is 33.2 Å². The summed E-state index contributed by atoms with van der Waals surface area (Å²) in [7, 11) is 0. The highest BCUT2D eigenvalue weighted by Crippen LogP contribution is 2.26. The molecular formula is C13H16ClN3O3. The van der Waals surface area contributed by atoms with E-state index in [9.17, 15) is 4.79 Å². The van der Waals surface area contributed by atoms with Gasteiger partial charge in [-0.15, -0.1) is 0 Å². The molecule has 0 spiro atoms. The first kappa shape index (κ1) is 14.6. The van der Waals surface area contributed by atoms with Gasteiger partial charge in [-0.1, -0.05) is 18.5 Å². The van der Waals surface area contributed by atoms with E-state index in [-0.39, 0.29) is 5.22 Å². The molecule has 20 heavy (non-hydrogen) atoms. The molecule has 0 bridgehead atoms. The molecule has 6 nitrogen and oxygen atoms in total. The van der Waals surface area contributed by atoms with E-state index in [0.717, 1.165) is 12.8 Å². The van der Waals surface area contributed by atoms with Crippen LogP contribution >= 0.6 is 11.6 Å². The number of unbranched alkanes of at least 4 members (excludes halogenated alkanes) is 1. The number of halogens is 1. The molecule has 0 unspecified atom stereocenters. The lowest BCUT2D eigenvalue weighted by molar-refractivity contribution is 0.0527. The summed E-state index contributed by atoms with van der Waals surface area (Å²) >= 11 is 5.75. The second-order valence-electron chi connectivity index (χ2n) is 4.22. The van der Waals surface area contributed by atoms with Gasteiger partial charge >= 0.3 is 5.97 Å². The fourth-order valence-corrected chi connectivity index (χ4v) is 1.99. The summed E-state index contributed by atoms with van der Waals surface area (Å²) in [6, 6.07) is 1.56. The molecule has 0 saturated heterocycles. The van der Waals surface area contributed by atoms with Crippen molar-refractivity contribution >= 4 is 17.6 Å². The summed E-state index contributed by atoms with van der Waals surface area (Å²) in [6.07, 6.45) is 3.46. The highest BCUT2D eigenvalue weighted by molar-refractivity contribution is 6.29. The summed E-state index contributed by atoms with van der Waals surface area (Å²) in [5.74, 6) is -0.427. The lowest BCUT2D eigenvalue weighted by atomic mass is 10.2. The maximum absolute atomic E-state index is 12.0. The van der Waals surface area contributed by atoms with E-state index in [1.807, 2.05) is 0 Å². The number of ether oxygens (including phenoxy) is 1. The van der Waals surface area contributed by atoms with Crippen molar-refractivity contribution < 1.29 is 14.1 Å². The first-order chi connectivity index (χ1) is 9.67. The third kappa shape index (κ3) is 3.01. The SMILES string of the molecule is CCCCn1ncc(C(=O)OCC)c1-c1cc(Cl)on1. The van der Waals surface area contributed by atoms with Gasteiger partial charge in [-0.3, -0.25) is 4.68 Å². The van der Waals surface area contributed by atoms with Gasteiger partial charge in [0.1, 0.15) is 17.0 Å². The van der Waals surface area contributed by atoms with E-state index in [4.69, 9.17) is 20.9 Å². The Labute approximate surface area is 121 Å². The number of hydrogen-bond donors (Lipinski definition) is 0. The Morgan fingerprint density at radius 2 is 2.30 bits per heavy atom. The topological polar surface area (TPSA) is 70.2 Å². The van der Waals surface area contributed by atoms with Crippen molar-refractivity contribution in [3.8, 4) is 11.4 Å². The fraction of sp³-hybridized carbons (Fsp3) is 0.462. The van der Waals surface area contributed by atoms with Crippen LogP contribution in [0.25, 0.3) is 11.4 Å². The molecule has 2 aromatic heterocycles. The Kier molecular flexibility index (Phi) is 4.79. The monoisotopic (exact) mass is 297 g/mol. The Morgan fingerprint density at radius 3 is 2.90 bits per heavy atom. The molecule has 0 aliphatic carbocycles. The van der Waals surface area contributed by atoms with Gasteiger partial charge in [-0.25, -0.2) is 4.79 Å². The maximum atomic E-state index is 12.0. The van der Waals surface area contributed by atoms with Crippen LogP contribution in [-0.4, -0.2) is 27.5 Å². The van der Waals surface area contributed by atoms with Crippen LogP contribution in [0.4, 0.5) is 0 Å². The number of aryl methyl sites for hydroxylation is 1. The van der Waals surface area contributed by atoms with Crippen molar-refractivity contribution in [2.75, 3.05) is 6.61 Å². The molecule has 0 fully saturated rings. The minimum absolute atomic E-state index is 0.165. The zero-order valence-corrected chi connectivity index (χ0v) is 12.2. The molecule has 0 amide bonds. The summed E-state index contributed by atoms with van der Waals surface area (Å²) in [4.78, 5) is 12.0. The summed E-state index contributed by atoms with van der Waals surface area (Å²) in [6.45, 7) is 4.84. The van der Waals surface area contributed by atoms with Gasteiger partial charge in [0.25, 0.3) is 0 Å². The molecule has 0 radical (unpaired) electrons. The molecule has 0 atom stereocenters. The zero-order chi connectivity index (χ0) is 14.5. The summed E-state index contributed by atoms with van der Waals surface area (Å²) in [5.41, 5.74) is 1.42. The molecule has 0 saturated carbocycles. The number of hydrogen-bond acceptors (Lipinski definition) is 5. The van der Waals surface area contributed by atoms with Crippen LogP contribution in [0, 0.1) is 0 Å². The first-order valence-electron chi connectivity index (χ1n) is 6.52. The van der Waals surface area contributed by atoms with Gasteiger partial charge < -0.3 is 9.26 Å². The van der Waals surface area contributed by atoms with Crippen LogP contribution < -0.4 is 0 Å². The third-order valence-corrected chi connectivity index (χ3v) is 2.96. The van der Waals surface area contributed by atoms with Gasteiger partial charge in [0.2, 0.25) is 5.22 Å². The highest BCUT2D eigenvalue weighted by atomic mass is 35.5. The smallest absolute Gasteiger partial charge is 0.342 e. The molecule has 2 heterocycles. The van der Waals surface area contributed by atoms with Crippen LogP contribution in [0.2, 0.25) is 5.22 Å². The van der Waals surface area contributed by atoms with E-state index < -0.39 is 5.97 Å². The van der Waals surface area contributed by atoms with Crippen LogP contribution in [-0.2, 0) is 11.3 Å². The van der Waals surface area contributed by atoms with E-state index in [0.29, 0.717) is 30.1 Å². The summed E-state index contributed by atoms with van der Waals surface area (Å²) < 4.78 is 11.6. The predicted molar refractivity (Wildman–Crippen MR) is 73.6 cm³/mol. The molecule has 108 valence electrons. The van der Waals surface area contributed by atoms with Gasteiger partial charge in [-0.2, -0.15) is 5.10 Å². The number of rotatable bonds is 6. The van der Waals surface area contributed by atoms with Gasteiger partial charge in [0.15, 0.2) is 0 Å². The van der Waals surface area contributed by atoms with Crippen LogP contribution in [0.15, 0.2) is 16.8 Å². The first-order valence-corrected chi connectivity index (χ1v) is 6.90. The zero-order valence-electron chi connectivity index (χ0n) is 11.4. The Balaban J connectivity index is 2.42. The van der Waals surface area contributed by atoms with Crippen molar-refractivity contribution in [1.82, 2.24) is 14.9 Å². The number of aromatic nitrogens is 3. The third-order valence-electron chi connectivity index (χ3n) is 2.78. The number of carbonyl (C=O) groups excluding carboxylic acids is 1. The number of carbonyl (C=O) groups is 1. The predicted octanol–water partition coefficient (Wildman–Crippen LogP) is 3.17. The molecule has 0 aliphatic heterocycles. The van der Waals surface area contributed by atoms with Crippen molar-refractivity contribution in [3.63, 3.8) is 0 Å². The van der Waals surface area contributed by atoms with Gasteiger partial charge in [0, 0.05) is 12.6 Å². The molecule has 7 heteroatoms. The number of nitrogens with zero attached hydrogens (tertiary/aromatic N) is 3. The lowest BCUT2D eigenvalue weighted by Crippen LogP contribution is -2.08. The molecular weight excluding hydrogens is 282 g/mol.